The summed E-state index contributed by atoms with van der Waals surface area (Å²) in [6.07, 6.45) is 3.96. The van der Waals surface area contributed by atoms with E-state index in [2.05, 4.69) is 53.1 Å². The topological polar surface area (TPSA) is 41.1 Å². The molecule has 3 nitrogen and oxygen atoms in total. The van der Waals surface area contributed by atoms with E-state index in [0.717, 1.165) is 11.8 Å². The minimum Gasteiger partial charge on any atom is -0.378 e. The van der Waals surface area contributed by atoms with Crippen LogP contribution in [0.1, 0.15) is 52.7 Å². The highest BCUT2D eigenvalue weighted by Crippen LogP contribution is 2.63. The molecule has 156 valence electrons. The van der Waals surface area contributed by atoms with Gasteiger partial charge in [0.05, 0.1) is 16.8 Å². The van der Waals surface area contributed by atoms with Gasteiger partial charge in [-0.2, -0.15) is 0 Å². The first-order valence-corrected chi connectivity index (χ1v) is 11.6. The number of rotatable bonds is 3. The average Bonchev–Trinajstić information content (AvgIpc) is 3.43. The van der Waals surface area contributed by atoms with Gasteiger partial charge in [-0.1, -0.05) is 54.1 Å². The molecular weight excluding hydrogens is 404 g/mol. The second kappa shape index (κ2) is 7.42. The van der Waals surface area contributed by atoms with Gasteiger partial charge in [0, 0.05) is 11.3 Å². The van der Waals surface area contributed by atoms with Crippen molar-refractivity contribution in [1.29, 1.82) is 0 Å². The molecule has 0 saturated heterocycles. The highest BCUT2D eigenvalue weighted by Gasteiger charge is 2.53. The van der Waals surface area contributed by atoms with Crippen molar-refractivity contribution < 1.29 is 4.79 Å². The van der Waals surface area contributed by atoms with Crippen molar-refractivity contribution in [3.05, 3.63) is 94.5 Å². The Labute approximate surface area is 187 Å². The minimum atomic E-state index is -0.110. The van der Waals surface area contributed by atoms with Crippen LogP contribution in [0.4, 0.5) is 11.4 Å². The van der Waals surface area contributed by atoms with Crippen molar-refractivity contribution in [2.45, 2.75) is 31.2 Å². The summed E-state index contributed by atoms with van der Waals surface area (Å²) in [5, 5.41) is 7.36. The first kappa shape index (κ1) is 18.9. The first-order chi connectivity index (χ1) is 15.2. The van der Waals surface area contributed by atoms with Gasteiger partial charge in [-0.15, -0.1) is 0 Å². The van der Waals surface area contributed by atoms with Crippen LogP contribution < -0.4 is 10.6 Å². The van der Waals surface area contributed by atoms with Crippen LogP contribution in [0.2, 0.25) is 5.02 Å². The van der Waals surface area contributed by atoms with E-state index >= 15 is 0 Å². The number of carbonyl (C=O) groups excluding carboxylic acids is 1. The van der Waals surface area contributed by atoms with Crippen LogP contribution in [0.3, 0.4) is 0 Å². The number of amides is 1. The molecule has 1 aliphatic heterocycles. The first-order valence-electron chi connectivity index (χ1n) is 11.2. The molecule has 0 spiro atoms. The van der Waals surface area contributed by atoms with E-state index in [1.54, 1.807) is 6.07 Å². The van der Waals surface area contributed by atoms with E-state index in [1.165, 1.54) is 36.1 Å². The van der Waals surface area contributed by atoms with E-state index in [-0.39, 0.29) is 5.91 Å². The van der Waals surface area contributed by atoms with E-state index in [9.17, 15) is 4.79 Å². The van der Waals surface area contributed by atoms with Gasteiger partial charge in [0.2, 0.25) is 0 Å². The number of fused-ring (bicyclic) bond motifs is 7. The van der Waals surface area contributed by atoms with Gasteiger partial charge in [-0.3, -0.25) is 4.79 Å². The summed E-state index contributed by atoms with van der Waals surface area (Å²) in [6, 6.07) is 24.7. The maximum absolute atomic E-state index is 13.0. The molecule has 2 aliphatic carbocycles. The Bertz CT molecular complexity index is 1140. The maximum atomic E-state index is 13.0. The lowest BCUT2D eigenvalue weighted by molar-refractivity contribution is 0.102. The van der Waals surface area contributed by atoms with Gasteiger partial charge in [-0.25, -0.2) is 0 Å². The number of halogens is 1. The van der Waals surface area contributed by atoms with Crippen molar-refractivity contribution >= 4 is 28.9 Å². The number of nitrogens with one attached hydrogen (secondary N) is 2. The zero-order valence-corrected chi connectivity index (χ0v) is 18.0. The zero-order chi connectivity index (χ0) is 20.9. The van der Waals surface area contributed by atoms with Crippen molar-refractivity contribution in [3.8, 4) is 0 Å². The SMILES string of the molecule is O=C(Nc1ccccc1Cl)c1ccc2c(c1)[C@H]1[C@H]3CC[C@H](C3)[C@H]1[C@H](c1ccccc1)N2. The highest BCUT2D eigenvalue weighted by molar-refractivity contribution is 6.33. The van der Waals surface area contributed by atoms with Crippen molar-refractivity contribution in [1.82, 2.24) is 0 Å². The lowest BCUT2D eigenvalue weighted by Crippen LogP contribution is -2.35. The van der Waals surface area contributed by atoms with Crippen molar-refractivity contribution in [3.63, 3.8) is 0 Å². The Morgan fingerprint density at radius 2 is 1.71 bits per heavy atom. The number of hydrogen-bond donors (Lipinski definition) is 2. The number of para-hydroxylation sites is 1. The van der Waals surface area contributed by atoms with E-state index in [0.29, 0.717) is 34.2 Å². The highest BCUT2D eigenvalue weighted by atomic mass is 35.5. The normalized spacial score (nSPS) is 27.8. The van der Waals surface area contributed by atoms with Gasteiger partial charge in [-0.05, 0) is 84.4 Å². The third-order valence-corrected chi connectivity index (χ3v) is 7.96. The van der Waals surface area contributed by atoms with Gasteiger partial charge in [0.1, 0.15) is 0 Å². The van der Waals surface area contributed by atoms with E-state index in [4.69, 9.17) is 11.6 Å². The van der Waals surface area contributed by atoms with Crippen molar-refractivity contribution in [2.75, 3.05) is 10.6 Å². The molecule has 5 atom stereocenters. The van der Waals surface area contributed by atoms with Crippen LogP contribution in [0.15, 0.2) is 72.8 Å². The van der Waals surface area contributed by atoms with Crippen LogP contribution >= 0.6 is 11.6 Å². The maximum Gasteiger partial charge on any atom is 0.255 e. The van der Waals surface area contributed by atoms with Crippen LogP contribution in [-0.2, 0) is 0 Å². The second-order valence-corrected chi connectivity index (χ2v) is 9.61. The molecule has 0 unspecified atom stereocenters. The fraction of sp³-hybridized carbons (Fsp3) is 0.296. The molecule has 4 heteroatoms. The van der Waals surface area contributed by atoms with Crippen LogP contribution in [0, 0.1) is 17.8 Å². The Morgan fingerprint density at radius 3 is 2.55 bits per heavy atom. The molecule has 2 fully saturated rings. The summed E-state index contributed by atoms with van der Waals surface area (Å²) >= 11 is 6.24. The summed E-state index contributed by atoms with van der Waals surface area (Å²) in [5.74, 6) is 2.50. The third kappa shape index (κ3) is 3.14. The summed E-state index contributed by atoms with van der Waals surface area (Å²) < 4.78 is 0. The average molecular weight is 429 g/mol. The van der Waals surface area contributed by atoms with E-state index < -0.39 is 0 Å². The molecule has 0 radical (unpaired) electrons. The molecule has 3 aromatic rings. The van der Waals surface area contributed by atoms with E-state index in [1.807, 2.05) is 24.3 Å². The zero-order valence-electron chi connectivity index (χ0n) is 17.2. The molecule has 3 aromatic carbocycles. The predicted octanol–water partition coefficient (Wildman–Crippen LogP) is 6.89. The van der Waals surface area contributed by atoms with Crippen LogP contribution in [0.25, 0.3) is 0 Å². The minimum absolute atomic E-state index is 0.110. The number of anilines is 2. The standard InChI is InChI=1S/C27H25ClN2O/c28-21-8-4-5-9-23(21)30-27(31)19-12-13-22-20(15-19)24-17-10-11-18(14-17)25(24)26(29-22)16-6-2-1-3-7-16/h1-9,12-13,15,17-18,24-26,29H,10-11,14H2,(H,30,31)/t17-,18+,24+,25+,26-/m0/s1. The molecule has 1 heterocycles. The molecule has 31 heavy (non-hydrogen) atoms. The summed E-state index contributed by atoms with van der Waals surface area (Å²) in [4.78, 5) is 13.0. The second-order valence-electron chi connectivity index (χ2n) is 9.21. The third-order valence-electron chi connectivity index (χ3n) is 7.63. The molecule has 6 rings (SSSR count). The summed E-state index contributed by atoms with van der Waals surface area (Å²) in [5.41, 5.74) is 5.21. The van der Waals surface area contributed by atoms with Gasteiger partial charge < -0.3 is 10.6 Å². The Kier molecular flexibility index (Phi) is 4.53. The lowest BCUT2D eigenvalue weighted by atomic mass is 9.68. The van der Waals surface area contributed by atoms with Gasteiger partial charge in [0.25, 0.3) is 5.91 Å². The predicted molar refractivity (Wildman–Crippen MR) is 126 cm³/mol. The largest absolute Gasteiger partial charge is 0.378 e. The summed E-state index contributed by atoms with van der Waals surface area (Å²) in [6.45, 7) is 0. The molecule has 3 aliphatic rings. The molecule has 0 aromatic heterocycles. The van der Waals surface area contributed by atoms with Crippen molar-refractivity contribution in [2.24, 2.45) is 17.8 Å². The molecule has 2 saturated carbocycles. The Hall–Kier alpha value is -2.78. The summed E-state index contributed by atoms with van der Waals surface area (Å²) in [7, 11) is 0. The van der Waals surface area contributed by atoms with Gasteiger partial charge >= 0.3 is 0 Å². The number of benzene rings is 3. The number of hydrogen-bond acceptors (Lipinski definition) is 2. The molecule has 2 bridgehead atoms. The molecular formula is C27H25ClN2O. The van der Waals surface area contributed by atoms with Gasteiger partial charge in [0.15, 0.2) is 0 Å². The molecule has 1 amide bonds. The Balaban J connectivity index is 1.36. The monoisotopic (exact) mass is 428 g/mol. The fourth-order valence-electron chi connectivity index (χ4n) is 6.37. The van der Waals surface area contributed by atoms with Crippen LogP contribution in [-0.4, -0.2) is 5.91 Å². The van der Waals surface area contributed by atoms with Crippen LogP contribution in [0.5, 0.6) is 0 Å². The molecule has 2 N–H and O–H groups in total. The smallest absolute Gasteiger partial charge is 0.255 e. The fourth-order valence-corrected chi connectivity index (χ4v) is 6.56. The Morgan fingerprint density at radius 1 is 0.935 bits per heavy atom. The lowest BCUT2D eigenvalue weighted by Gasteiger charge is -2.43. The number of carbonyl (C=O) groups is 1. The quantitative estimate of drug-likeness (QED) is 0.477.